The number of hydrogen-bond donors (Lipinski definition) is 1. The topological polar surface area (TPSA) is 21.3 Å². The molecule has 0 radical (unpaired) electrons. The van der Waals surface area contributed by atoms with Gasteiger partial charge in [-0.2, -0.15) is 0 Å². The van der Waals surface area contributed by atoms with Crippen molar-refractivity contribution >= 4 is 0 Å². The minimum Gasteiger partial charge on any atom is -0.373 e. The molecule has 1 aromatic rings. The fourth-order valence-electron chi connectivity index (χ4n) is 1.46. The molecule has 1 rings (SSSR count). The first kappa shape index (κ1) is 12.2. The molecule has 15 heavy (non-hydrogen) atoms. The van der Waals surface area contributed by atoms with Crippen LogP contribution in [0.25, 0.3) is 0 Å². The lowest BCUT2D eigenvalue weighted by atomic mass is 10.1. The van der Waals surface area contributed by atoms with E-state index in [4.69, 9.17) is 4.74 Å². The van der Waals surface area contributed by atoms with Crippen molar-refractivity contribution in [2.45, 2.75) is 33.0 Å². The van der Waals surface area contributed by atoms with Gasteiger partial charge in [0.05, 0.1) is 12.7 Å². The van der Waals surface area contributed by atoms with Crippen LogP contribution in [0.2, 0.25) is 0 Å². The molecule has 1 aromatic carbocycles. The molecule has 0 amide bonds. The number of hydrogen-bond acceptors (Lipinski definition) is 2. The van der Waals surface area contributed by atoms with E-state index in [0.29, 0.717) is 6.61 Å². The van der Waals surface area contributed by atoms with E-state index in [0.717, 1.165) is 13.0 Å². The summed E-state index contributed by atoms with van der Waals surface area (Å²) in [7, 11) is 1.94. The number of rotatable bonds is 6. The summed E-state index contributed by atoms with van der Waals surface area (Å²) in [5, 5.41) is 3.10. The van der Waals surface area contributed by atoms with E-state index in [1.807, 2.05) is 7.05 Å². The Kier molecular flexibility index (Phi) is 5.37. The van der Waals surface area contributed by atoms with E-state index in [1.54, 1.807) is 0 Å². The number of likely N-dealkylation sites (N-methyl/N-ethyl adjacent to an activating group) is 1. The minimum atomic E-state index is 0.265. The summed E-state index contributed by atoms with van der Waals surface area (Å²) in [6.45, 7) is 5.84. The number of ether oxygens (including phenoxy) is 1. The van der Waals surface area contributed by atoms with Crippen LogP contribution >= 0.6 is 0 Å². The number of nitrogens with one attached hydrogen (secondary N) is 1. The van der Waals surface area contributed by atoms with Gasteiger partial charge in [-0.15, -0.1) is 0 Å². The van der Waals surface area contributed by atoms with Crippen molar-refractivity contribution in [3.63, 3.8) is 0 Å². The molecule has 0 spiro atoms. The highest BCUT2D eigenvalue weighted by Gasteiger charge is 2.00. The second-order valence-corrected chi connectivity index (χ2v) is 3.85. The summed E-state index contributed by atoms with van der Waals surface area (Å²) in [4.78, 5) is 0. The van der Waals surface area contributed by atoms with Crippen molar-refractivity contribution in [2.75, 3.05) is 13.6 Å². The Labute approximate surface area is 92.6 Å². The van der Waals surface area contributed by atoms with Crippen molar-refractivity contribution in [3.05, 3.63) is 35.4 Å². The molecule has 1 atom stereocenters. The quantitative estimate of drug-likeness (QED) is 0.773. The van der Waals surface area contributed by atoms with Crippen LogP contribution in [-0.4, -0.2) is 19.7 Å². The smallest absolute Gasteiger partial charge is 0.0721 e. The molecule has 1 unspecified atom stereocenters. The van der Waals surface area contributed by atoms with Gasteiger partial charge in [0.25, 0.3) is 0 Å². The molecule has 1 N–H and O–H groups in total. The van der Waals surface area contributed by atoms with Crippen LogP contribution in [0.4, 0.5) is 0 Å². The predicted octanol–water partition coefficient (Wildman–Crippen LogP) is 2.37. The molecule has 0 aliphatic carbocycles. The van der Waals surface area contributed by atoms with Crippen molar-refractivity contribution in [2.24, 2.45) is 0 Å². The molecule has 0 saturated carbocycles. The monoisotopic (exact) mass is 207 g/mol. The molecule has 0 aromatic heterocycles. The fourth-order valence-corrected chi connectivity index (χ4v) is 1.46. The van der Waals surface area contributed by atoms with Crippen LogP contribution in [0, 0.1) is 0 Å². The van der Waals surface area contributed by atoms with Crippen LogP contribution in [0.1, 0.15) is 25.0 Å². The van der Waals surface area contributed by atoms with Gasteiger partial charge in [0, 0.05) is 6.54 Å². The maximum absolute atomic E-state index is 5.68. The zero-order valence-corrected chi connectivity index (χ0v) is 9.92. The largest absolute Gasteiger partial charge is 0.373 e. The second-order valence-electron chi connectivity index (χ2n) is 3.85. The van der Waals surface area contributed by atoms with E-state index >= 15 is 0 Å². The van der Waals surface area contributed by atoms with Crippen molar-refractivity contribution in [1.29, 1.82) is 0 Å². The average molecular weight is 207 g/mol. The van der Waals surface area contributed by atoms with Crippen molar-refractivity contribution in [1.82, 2.24) is 5.32 Å². The van der Waals surface area contributed by atoms with E-state index in [2.05, 4.69) is 43.4 Å². The predicted molar refractivity (Wildman–Crippen MR) is 64.0 cm³/mol. The Hall–Kier alpha value is -0.860. The van der Waals surface area contributed by atoms with Crippen LogP contribution in [0.5, 0.6) is 0 Å². The number of benzene rings is 1. The highest BCUT2D eigenvalue weighted by molar-refractivity contribution is 5.21. The third-order valence-corrected chi connectivity index (χ3v) is 2.46. The van der Waals surface area contributed by atoms with Crippen LogP contribution in [-0.2, 0) is 17.8 Å². The summed E-state index contributed by atoms with van der Waals surface area (Å²) < 4.78 is 5.68. The Morgan fingerprint density at radius 1 is 1.20 bits per heavy atom. The SMILES string of the molecule is CCc1ccc(COC(C)CNC)cc1. The average Bonchev–Trinajstić information content (AvgIpc) is 2.27. The van der Waals surface area contributed by atoms with Crippen molar-refractivity contribution < 1.29 is 4.74 Å². The van der Waals surface area contributed by atoms with E-state index in [1.165, 1.54) is 11.1 Å². The summed E-state index contributed by atoms with van der Waals surface area (Å²) in [6.07, 6.45) is 1.36. The lowest BCUT2D eigenvalue weighted by Gasteiger charge is -2.12. The van der Waals surface area contributed by atoms with Gasteiger partial charge in [0.1, 0.15) is 0 Å². The second kappa shape index (κ2) is 6.59. The maximum atomic E-state index is 5.68. The van der Waals surface area contributed by atoms with Crippen molar-refractivity contribution in [3.8, 4) is 0 Å². The standard InChI is InChI=1S/C13H21NO/c1-4-12-5-7-13(8-6-12)10-15-11(2)9-14-3/h5-8,11,14H,4,9-10H2,1-3H3. The normalized spacial score (nSPS) is 12.7. The molecule has 0 bridgehead atoms. The molecule has 0 fully saturated rings. The summed E-state index contributed by atoms with van der Waals surface area (Å²) in [6, 6.07) is 8.62. The van der Waals surface area contributed by atoms with Gasteiger partial charge in [0.15, 0.2) is 0 Å². The number of aryl methyl sites for hydroxylation is 1. The third kappa shape index (κ3) is 4.45. The molecular weight excluding hydrogens is 186 g/mol. The summed E-state index contributed by atoms with van der Waals surface area (Å²) >= 11 is 0. The van der Waals surface area contributed by atoms with E-state index in [9.17, 15) is 0 Å². The Morgan fingerprint density at radius 2 is 1.80 bits per heavy atom. The van der Waals surface area contributed by atoms with Gasteiger partial charge >= 0.3 is 0 Å². The van der Waals surface area contributed by atoms with E-state index < -0.39 is 0 Å². The maximum Gasteiger partial charge on any atom is 0.0721 e. The van der Waals surface area contributed by atoms with Gasteiger partial charge in [-0.3, -0.25) is 0 Å². The zero-order chi connectivity index (χ0) is 11.1. The van der Waals surface area contributed by atoms with Gasteiger partial charge < -0.3 is 10.1 Å². The molecule has 84 valence electrons. The highest BCUT2D eigenvalue weighted by atomic mass is 16.5. The first-order valence-electron chi connectivity index (χ1n) is 5.60. The summed E-state index contributed by atoms with van der Waals surface area (Å²) in [5.74, 6) is 0. The lowest BCUT2D eigenvalue weighted by molar-refractivity contribution is 0.0545. The Balaban J connectivity index is 2.37. The Morgan fingerprint density at radius 3 is 2.33 bits per heavy atom. The molecule has 0 saturated heterocycles. The third-order valence-electron chi connectivity index (χ3n) is 2.46. The van der Waals surface area contributed by atoms with E-state index in [-0.39, 0.29) is 6.10 Å². The Bertz CT molecular complexity index is 268. The van der Waals surface area contributed by atoms with Crippen LogP contribution in [0.3, 0.4) is 0 Å². The van der Waals surface area contributed by atoms with Gasteiger partial charge in [-0.25, -0.2) is 0 Å². The summed E-state index contributed by atoms with van der Waals surface area (Å²) in [5.41, 5.74) is 2.62. The lowest BCUT2D eigenvalue weighted by Crippen LogP contribution is -2.23. The van der Waals surface area contributed by atoms with Crippen LogP contribution < -0.4 is 5.32 Å². The first-order valence-corrected chi connectivity index (χ1v) is 5.60. The molecule has 2 heteroatoms. The zero-order valence-electron chi connectivity index (χ0n) is 9.92. The molecule has 2 nitrogen and oxygen atoms in total. The fraction of sp³-hybridized carbons (Fsp3) is 0.538. The highest BCUT2D eigenvalue weighted by Crippen LogP contribution is 2.07. The van der Waals surface area contributed by atoms with Crippen LogP contribution in [0.15, 0.2) is 24.3 Å². The first-order chi connectivity index (χ1) is 7.26. The molecule has 0 heterocycles. The molecule has 0 aliphatic heterocycles. The van der Waals surface area contributed by atoms with Gasteiger partial charge in [-0.05, 0) is 31.5 Å². The minimum absolute atomic E-state index is 0.265. The molecular formula is C13H21NO. The molecule has 0 aliphatic rings. The van der Waals surface area contributed by atoms with Gasteiger partial charge in [-0.1, -0.05) is 31.2 Å². The van der Waals surface area contributed by atoms with Gasteiger partial charge in [0.2, 0.25) is 0 Å².